The van der Waals surface area contributed by atoms with Crippen LogP contribution in [0.15, 0.2) is 53.0 Å². The number of ether oxygens (including phenoxy) is 1. The van der Waals surface area contributed by atoms with Gasteiger partial charge in [0.05, 0.1) is 11.1 Å². The maximum Gasteiger partial charge on any atom is 0.133 e. The average molecular weight is 320 g/mol. The van der Waals surface area contributed by atoms with Crippen LogP contribution in [0.1, 0.15) is 24.1 Å². The first-order chi connectivity index (χ1) is 9.20. The monoisotopic (exact) mass is 319 g/mol. The first-order valence-corrected chi connectivity index (χ1v) is 7.21. The second-order valence-electron chi connectivity index (χ2n) is 4.42. The van der Waals surface area contributed by atoms with E-state index in [1.165, 1.54) is 5.56 Å². The van der Waals surface area contributed by atoms with Crippen LogP contribution in [-0.2, 0) is 6.42 Å². The molecule has 0 aliphatic heterocycles. The molecule has 100 valence electrons. The second kappa shape index (κ2) is 6.73. The van der Waals surface area contributed by atoms with Crippen LogP contribution in [0.4, 0.5) is 0 Å². The predicted octanol–water partition coefficient (Wildman–Crippen LogP) is 4.09. The first kappa shape index (κ1) is 14.1. The summed E-state index contributed by atoms with van der Waals surface area (Å²) in [6.07, 6.45) is 0.835. The summed E-state index contributed by atoms with van der Waals surface area (Å²) in [5.74, 6) is 0.859. The lowest BCUT2D eigenvalue weighted by atomic mass is 10.00. The van der Waals surface area contributed by atoms with E-state index < -0.39 is 0 Å². The van der Waals surface area contributed by atoms with Gasteiger partial charge in [-0.15, -0.1) is 0 Å². The smallest absolute Gasteiger partial charge is 0.133 e. The molecule has 0 saturated carbocycles. The van der Waals surface area contributed by atoms with Crippen molar-refractivity contribution in [3.05, 3.63) is 64.1 Å². The highest BCUT2D eigenvalue weighted by Gasteiger charge is 2.09. The molecule has 0 aliphatic carbocycles. The molecule has 0 amide bonds. The SMILES string of the molecule is CCOc1ccc(C(N)Cc2ccccc2)cc1Br. The van der Waals surface area contributed by atoms with E-state index in [4.69, 9.17) is 10.5 Å². The summed E-state index contributed by atoms with van der Waals surface area (Å²) in [6, 6.07) is 16.3. The van der Waals surface area contributed by atoms with Crippen LogP contribution in [0.2, 0.25) is 0 Å². The van der Waals surface area contributed by atoms with Gasteiger partial charge in [0.25, 0.3) is 0 Å². The Hall–Kier alpha value is -1.32. The lowest BCUT2D eigenvalue weighted by Crippen LogP contribution is -2.13. The van der Waals surface area contributed by atoms with E-state index >= 15 is 0 Å². The molecule has 0 heterocycles. The van der Waals surface area contributed by atoms with E-state index in [1.54, 1.807) is 0 Å². The molecule has 2 aromatic rings. The molecule has 2 aromatic carbocycles. The van der Waals surface area contributed by atoms with Gasteiger partial charge in [-0.3, -0.25) is 0 Å². The fourth-order valence-electron chi connectivity index (χ4n) is 2.01. The Labute approximate surface area is 122 Å². The maximum atomic E-state index is 6.26. The lowest BCUT2D eigenvalue weighted by Gasteiger charge is -2.14. The van der Waals surface area contributed by atoms with Crippen LogP contribution < -0.4 is 10.5 Å². The van der Waals surface area contributed by atoms with E-state index in [2.05, 4.69) is 28.1 Å². The van der Waals surface area contributed by atoms with Crippen molar-refractivity contribution in [2.24, 2.45) is 5.73 Å². The van der Waals surface area contributed by atoms with Crippen molar-refractivity contribution in [1.29, 1.82) is 0 Å². The molecule has 0 fully saturated rings. The molecule has 0 aromatic heterocycles. The Morgan fingerprint density at radius 1 is 1.16 bits per heavy atom. The van der Waals surface area contributed by atoms with Gasteiger partial charge < -0.3 is 10.5 Å². The molecule has 2 rings (SSSR count). The highest BCUT2D eigenvalue weighted by atomic mass is 79.9. The van der Waals surface area contributed by atoms with E-state index in [9.17, 15) is 0 Å². The lowest BCUT2D eigenvalue weighted by molar-refractivity contribution is 0.338. The topological polar surface area (TPSA) is 35.2 Å². The minimum absolute atomic E-state index is 0.00521. The van der Waals surface area contributed by atoms with Crippen LogP contribution in [0, 0.1) is 0 Å². The Kier molecular flexibility index (Phi) is 5.00. The number of hydrogen-bond donors (Lipinski definition) is 1. The summed E-state index contributed by atoms with van der Waals surface area (Å²) in [5.41, 5.74) is 8.62. The molecule has 1 atom stereocenters. The third kappa shape index (κ3) is 3.82. The normalized spacial score (nSPS) is 12.2. The zero-order chi connectivity index (χ0) is 13.7. The van der Waals surface area contributed by atoms with Gasteiger partial charge in [0.2, 0.25) is 0 Å². The predicted molar refractivity (Wildman–Crippen MR) is 82.4 cm³/mol. The Morgan fingerprint density at radius 2 is 1.89 bits per heavy atom. The van der Waals surface area contributed by atoms with E-state index in [0.717, 1.165) is 22.2 Å². The molecular formula is C16H18BrNO. The molecule has 2 nitrogen and oxygen atoms in total. The van der Waals surface area contributed by atoms with E-state index in [-0.39, 0.29) is 6.04 Å². The van der Waals surface area contributed by atoms with Crippen LogP contribution in [0.3, 0.4) is 0 Å². The molecule has 0 aliphatic rings. The zero-order valence-electron chi connectivity index (χ0n) is 11.0. The molecule has 0 radical (unpaired) electrons. The van der Waals surface area contributed by atoms with Gasteiger partial charge in [-0.05, 0) is 52.5 Å². The summed E-state index contributed by atoms with van der Waals surface area (Å²) in [5, 5.41) is 0. The Balaban J connectivity index is 2.11. The van der Waals surface area contributed by atoms with Gasteiger partial charge in [-0.1, -0.05) is 36.4 Å². The van der Waals surface area contributed by atoms with Crippen molar-refractivity contribution in [3.8, 4) is 5.75 Å². The Morgan fingerprint density at radius 3 is 2.53 bits per heavy atom. The average Bonchev–Trinajstić information content (AvgIpc) is 2.42. The quantitative estimate of drug-likeness (QED) is 0.900. The first-order valence-electron chi connectivity index (χ1n) is 6.42. The molecule has 2 N–H and O–H groups in total. The van der Waals surface area contributed by atoms with Crippen molar-refractivity contribution in [2.75, 3.05) is 6.61 Å². The van der Waals surface area contributed by atoms with E-state index in [1.807, 2.05) is 43.3 Å². The van der Waals surface area contributed by atoms with Gasteiger partial charge in [0.15, 0.2) is 0 Å². The fraction of sp³-hybridized carbons (Fsp3) is 0.250. The Bertz CT molecular complexity index is 528. The molecule has 1 unspecified atom stereocenters. The minimum atomic E-state index is -0.00521. The second-order valence-corrected chi connectivity index (χ2v) is 5.27. The van der Waals surface area contributed by atoms with Crippen LogP contribution >= 0.6 is 15.9 Å². The molecule has 0 bridgehead atoms. The number of benzene rings is 2. The summed E-state index contributed by atoms with van der Waals surface area (Å²) in [7, 11) is 0. The van der Waals surface area contributed by atoms with Gasteiger partial charge in [0, 0.05) is 6.04 Å². The minimum Gasteiger partial charge on any atom is -0.493 e. The van der Waals surface area contributed by atoms with Gasteiger partial charge in [-0.25, -0.2) is 0 Å². The van der Waals surface area contributed by atoms with Crippen molar-refractivity contribution in [1.82, 2.24) is 0 Å². The number of halogens is 1. The highest BCUT2D eigenvalue weighted by Crippen LogP contribution is 2.28. The molecular weight excluding hydrogens is 302 g/mol. The summed E-state index contributed by atoms with van der Waals surface area (Å²) >= 11 is 3.52. The molecule has 19 heavy (non-hydrogen) atoms. The third-order valence-electron chi connectivity index (χ3n) is 2.98. The number of rotatable bonds is 5. The van der Waals surface area contributed by atoms with Crippen molar-refractivity contribution in [2.45, 2.75) is 19.4 Å². The largest absolute Gasteiger partial charge is 0.493 e. The number of hydrogen-bond acceptors (Lipinski definition) is 2. The zero-order valence-corrected chi connectivity index (χ0v) is 12.6. The fourth-order valence-corrected chi connectivity index (χ4v) is 2.52. The summed E-state index contributed by atoms with van der Waals surface area (Å²) < 4.78 is 6.46. The molecule has 0 spiro atoms. The standard InChI is InChI=1S/C16H18BrNO/c1-2-19-16-9-8-13(11-14(16)17)15(18)10-12-6-4-3-5-7-12/h3-9,11,15H,2,10,18H2,1H3. The van der Waals surface area contributed by atoms with Crippen molar-refractivity contribution in [3.63, 3.8) is 0 Å². The van der Waals surface area contributed by atoms with Gasteiger partial charge in [0.1, 0.15) is 5.75 Å². The van der Waals surface area contributed by atoms with Gasteiger partial charge in [-0.2, -0.15) is 0 Å². The van der Waals surface area contributed by atoms with Crippen molar-refractivity contribution >= 4 is 15.9 Å². The molecule has 3 heteroatoms. The van der Waals surface area contributed by atoms with Gasteiger partial charge >= 0.3 is 0 Å². The van der Waals surface area contributed by atoms with Crippen LogP contribution in [0.25, 0.3) is 0 Å². The third-order valence-corrected chi connectivity index (χ3v) is 3.60. The van der Waals surface area contributed by atoms with Crippen LogP contribution in [-0.4, -0.2) is 6.61 Å². The summed E-state index contributed by atoms with van der Waals surface area (Å²) in [6.45, 7) is 2.63. The number of nitrogens with two attached hydrogens (primary N) is 1. The maximum absolute atomic E-state index is 6.26. The molecule has 0 saturated heterocycles. The van der Waals surface area contributed by atoms with Crippen LogP contribution in [0.5, 0.6) is 5.75 Å². The highest BCUT2D eigenvalue weighted by molar-refractivity contribution is 9.10. The van der Waals surface area contributed by atoms with Crippen molar-refractivity contribution < 1.29 is 4.74 Å². The van der Waals surface area contributed by atoms with E-state index in [0.29, 0.717) is 6.61 Å². The summed E-state index contributed by atoms with van der Waals surface area (Å²) in [4.78, 5) is 0.